The molecular weight excluding hydrogens is 1350 g/mol. The van der Waals surface area contributed by atoms with Gasteiger partial charge in [0.25, 0.3) is 0 Å². The molecule has 0 bridgehead atoms. The normalized spacial score (nSPS) is 12.2. The van der Waals surface area contributed by atoms with Gasteiger partial charge in [-0.25, -0.2) is 0 Å². The van der Waals surface area contributed by atoms with Gasteiger partial charge in [0, 0.05) is 132 Å². The van der Waals surface area contributed by atoms with Crippen LogP contribution in [0.5, 0.6) is 0 Å². The second-order valence-corrected chi connectivity index (χ2v) is 29.7. The Balaban J connectivity index is 0.850. The minimum absolute atomic E-state index is 1.03. The molecule has 17 aromatic carbocycles. The van der Waals surface area contributed by atoms with E-state index in [2.05, 4.69) is 420 Å². The van der Waals surface area contributed by atoms with Gasteiger partial charge < -0.3 is 37.3 Å². The van der Waals surface area contributed by atoms with Crippen molar-refractivity contribution in [2.24, 2.45) is 0 Å². The summed E-state index contributed by atoms with van der Waals surface area (Å²) in [7, 11) is 0. The van der Waals surface area contributed by atoms with Crippen LogP contribution in [0.2, 0.25) is 0 Å². The SMILES string of the molecule is Cc1cc2c(cc1N(c1ccccc1)c1ccccc1)c1ccccc1n2-c1cc(-c2cc(-n3c4ccccc4c4ccc5c6ccccc6[nH]c5c43)cc(-n3c4ccccc4c4ccc5c6ccccc6n(-c6ccccc6)c5c43)c2)cc(-n2c3ccccc3c3cc4c(cc32)c2ccccc2n4-c2ccccc2)c1. The van der Waals surface area contributed by atoms with E-state index < -0.39 is 0 Å². The zero-order valence-corrected chi connectivity index (χ0v) is 60.4. The molecule has 518 valence electrons. The summed E-state index contributed by atoms with van der Waals surface area (Å²) in [5.74, 6) is 0. The van der Waals surface area contributed by atoms with Crippen molar-refractivity contribution in [1.82, 2.24) is 32.4 Å². The Labute approximate surface area is 636 Å². The maximum absolute atomic E-state index is 4.01. The van der Waals surface area contributed by atoms with Crippen LogP contribution in [0.15, 0.2) is 376 Å². The number of hydrogen-bond acceptors (Lipinski definition) is 1. The van der Waals surface area contributed by atoms with Crippen molar-refractivity contribution in [3.8, 4) is 45.3 Å². The third-order valence-corrected chi connectivity index (χ3v) is 23.7. The van der Waals surface area contributed by atoms with Crippen LogP contribution in [-0.2, 0) is 0 Å². The highest BCUT2D eigenvalue weighted by molar-refractivity contribution is 6.26. The predicted molar refractivity (Wildman–Crippen MR) is 467 cm³/mol. The summed E-state index contributed by atoms with van der Waals surface area (Å²) in [5.41, 5.74) is 28.7. The highest BCUT2D eigenvalue weighted by Crippen LogP contribution is 2.49. The Morgan fingerprint density at radius 2 is 0.514 bits per heavy atom. The minimum Gasteiger partial charge on any atom is -0.353 e. The Kier molecular flexibility index (Phi) is 13.0. The first-order chi connectivity index (χ1) is 55.0. The molecule has 111 heavy (non-hydrogen) atoms. The van der Waals surface area contributed by atoms with Crippen molar-refractivity contribution < 1.29 is 0 Å². The van der Waals surface area contributed by atoms with Gasteiger partial charge in [-0.15, -0.1) is 0 Å². The number of H-pyrrole nitrogens is 1. The fourth-order valence-corrected chi connectivity index (χ4v) is 19.1. The number of fused-ring (bicyclic) bond motifs is 23. The van der Waals surface area contributed by atoms with Gasteiger partial charge in [0.15, 0.2) is 0 Å². The number of hydrogen-bond donors (Lipinski definition) is 1. The van der Waals surface area contributed by atoms with Crippen LogP contribution in [0.25, 0.3) is 198 Å². The van der Waals surface area contributed by atoms with E-state index in [1.54, 1.807) is 0 Å². The zero-order chi connectivity index (χ0) is 72.7. The van der Waals surface area contributed by atoms with Crippen LogP contribution in [0.4, 0.5) is 17.1 Å². The molecule has 7 aromatic heterocycles. The molecule has 0 atom stereocenters. The summed E-state index contributed by atoms with van der Waals surface area (Å²) in [6.07, 6.45) is 0. The fraction of sp³-hybridized carbons (Fsp3) is 0.00971. The predicted octanol–water partition coefficient (Wildman–Crippen LogP) is 27.3. The van der Waals surface area contributed by atoms with Gasteiger partial charge >= 0.3 is 0 Å². The lowest BCUT2D eigenvalue weighted by atomic mass is 10.0. The topological polar surface area (TPSA) is 48.6 Å². The highest BCUT2D eigenvalue weighted by Gasteiger charge is 2.28. The van der Waals surface area contributed by atoms with Crippen LogP contribution in [0.3, 0.4) is 0 Å². The number of benzene rings is 17. The molecule has 7 heterocycles. The highest BCUT2D eigenvalue weighted by atomic mass is 15.1. The molecule has 24 rings (SSSR count). The second-order valence-electron chi connectivity index (χ2n) is 29.7. The summed E-state index contributed by atoms with van der Waals surface area (Å²) < 4.78 is 15.2. The van der Waals surface area contributed by atoms with E-state index in [-0.39, 0.29) is 0 Å². The third kappa shape index (κ3) is 8.92. The Hall–Kier alpha value is -14.9. The van der Waals surface area contributed by atoms with Crippen LogP contribution >= 0.6 is 0 Å². The number of para-hydroxylation sites is 11. The molecule has 0 fully saturated rings. The summed E-state index contributed by atoms with van der Waals surface area (Å²) >= 11 is 0. The van der Waals surface area contributed by atoms with Gasteiger partial charge in [-0.05, 0) is 175 Å². The van der Waals surface area contributed by atoms with Gasteiger partial charge in [-0.2, -0.15) is 0 Å². The van der Waals surface area contributed by atoms with E-state index in [0.717, 1.165) is 145 Å². The monoisotopic (exact) mass is 1410 g/mol. The van der Waals surface area contributed by atoms with E-state index in [9.17, 15) is 0 Å². The van der Waals surface area contributed by atoms with Crippen LogP contribution in [-0.4, -0.2) is 32.4 Å². The molecule has 8 heteroatoms. The number of aromatic nitrogens is 7. The van der Waals surface area contributed by atoms with E-state index in [0.29, 0.717) is 0 Å². The Morgan fingerprint density at radius 1 is 0.207 bits per heavy atom. The van der Waals surface area contributed by atoms with Gasteiger partial charge in [-0.1, -0.05) is 224 Å². The Morgan fingerprint density at radius 3 is 0.964 bits per heavy atom. The lowest BCUT2D eigenvalue weighted by Gasteiger charge is -2.27. The number of rotatable bonds is 10. The molecule has 0 aliphatic heterocycles. The molecule has 0 aliphatic carbocycles. The van der Waals surface area contributed by atoms with Crippen LogP contribution < -0.4 is 4.90 Å². The quantitative estimate of drug-likeness (QED) is 0.146. The lowest BCUT2D eigenvalue weighted by Crippen LogP contribution is -2.11. The van der Waals surface area contributed by atoms with Crippen molar-refractivity contribution in [3.63, 3.8) is 0 Å². The molecule has 24 aromatic rings. The van der Waals surface area contributed by atoms with E-state index in [1.165, 1.54) is 75.5 Å². The summed E-state index contributed by atoms with van der Waals surface area (Å²) in [5, 5.41) is 16.6. The van der Waals surface area contributed by atoms with Crippen LogP contribution in [0.1, 0.15) is 5.56 Å². The number of anilines is 3. The maximum Gasteiger partial charge on any atom is 0.0788 e. The number of nitrogens with zero attached hydrogens (tertiary/aromatic N) is 7. The summed E-state index contributed by atoms with van der Waals surface area (Å²) in [6, 6.07) is 140. The average Bonchev–Trinajstić information content (AvgIpc) is 1.56. The molecule has 0 spiro atoms. The molecule has 1 N–H and O–H groups in total. The van der Waals surface area contributed by atoms with Crippen molar-refractivity contribution in [3.05, 3.63) is 382 Å². The van der Waals surface area contributed by atoms with E-state index in [1.807, 2.05) is 0 Å². The van der Waals surface area contributed by atoms with E-state index in [4.69, 9.17) is 0 Å². The first-order valence-electron chi connectivity index (χ1n) is 38.2. The first-order valence-corrected chi connectivity index (χ1v) is 38.2. The maximum atomic E-state index is 4.01. The summed E-state index contributed by atoms with van der Waals surface area (Å²) in [6.45, 7) is 2.28. The van der Waals surface area contributed by atoms with Gasteiger partial charge in [0.1, 0.15) is 0 Å². The van der Waals surface area contributed by atoms with Crippen molar-refractivity contribution in [2.75, 3.05) is 4.90 Å². The van der Waals surface area contributed by atoms with Gasteiger partial charge in [0.2, 0.25) is 0 Å². The molecule has 0 radical (unpaired) electrons. The summed E-state index contributed by atoms with van der Waals surface area (Å²) in [4.78, 5) is 6.42. The average molecular weight is 1420 g/mol. The third-order valence-electron chi connectivity index (χ3n) is 23.7. The number of nitrogens with one attached hydrogen (secondary N) is 1. The molecule has 0 aliphatic rings. The number of aryl methyl sites for hydroxylation is 1. The van der Waals surface area contributed by atoms with Crippen molar-refractivity contribution in [1.29, 1.82) is 0 Å². The molecular formula is C103H66N8. The van der Waals surface area contributed by atoms with Crippen molar-refractivity contribution in [2.45, 2.75) is 6.92 Å². The van der Waals surface area contributed by atoms with E-state index >= 15 is 0 Å². The smallest absolute Gasteiger partial charge is 0.0788 e. The molecule has 8 nitrogen and oxygen atoms in total. The molecule has 0 saturated carbocycles. The Bertz CT molecular complexity index is 7980. The molecule has 0 saturated heterocycles. The van der Waals surface area contributed by atoms with Gasteiger partial charge in [0.05, 0.1) is 71.7 Å². The first kappa shape index (κ1) is 61.3. The molecule has 0 amide bonds. The second kappa shape index (κ2) is 23.6. The fourth-order valence-electron chi connectivity index (χ4n) is 19.1. The number of aromatic amines is 1. The largest absolute Gasteiger partial charge is 0.353 e. The van der Waals surface area contributed by atoms with Crippen molar-refractivity contribution >= 4 is 170 Å². The minimum atomic E-state index is 1.03. The van der Waals surface area contributed by atoms with Crippen LogP contribution in [0, 0.1) is 6.92 Å². The molecule has 0 unspecified atom stereocenters. The van der Waals surface area contributed by atoms with Gasteiger partial charge in [-0.3, -0.25) is 0 Å². The lowest BCUT2D eigenvalue weighted by molar-refractivity contribution is 1.12. The standard InChI is InChI=1S/C103H66N8/c1-64-54-97-86(61-96(64)105(67-28-6-2-7-29-67)68-30-8-3-9-31-68)79-40-19-23-45-91(79)107(97)71-55-65(56-72(59-71)108-92-46-24-20-42-81(92)88-62-98-87(63-99(88)108)80-41-18-22-44-90(80)106(98)69-32-10-4-11-33-69)66-57-73(110-94-48-26-15-37-76(94)83-51-50-82-75-36-14-21-43-89(75)104-100(82)101(83)110)60-74(58-66)111-95-49-27-17-39-78(95)85-53-52-84-77-38-16-25-47-93(77)109(102(84)103(85)111)70-34-12-5-13-35-70/h2-63,104H,1H3. The zero-order valence-electron chi connectivity index (χ0n) is 60.4.